The highest BCUT2D eigenvalue weighted by atomic mass is 16.3. The third-order valence-corrected chi connectivity index (χ3v) is 3.00. The molecule has 4 heteroatoms. The second-order valence-electron chi connectivity index (χ2n) is 5.05. The van der Waals surface area contributed by atoms with E-state index in [1.165, 1.54) is 0 Å². The summed E-state index contributed by atoms with van der Waals surface area (Å²) < 4.78 is 5.48. The molecule has 0 saturated heterocycles. The first-order valence-electron chi connectivity index (χ1n) is 6.51. The lowest BCUT2D eigenvalue weighted by Gasteiger charge is -2.13. The molecule has 2 aromatic rings. The van der Waals surface area contributed by atoms with Crippen molar-refractivity contribution in [1.82, 2.24) is 5.32 Å². The Bertz CT molecular complexity index is 526. The van der Waals surface area contributed by atoms with Crippen LogP contribution in [0, 0.1) is 5.92 Å². The number of carbonyl (C=O) groups excluding carboxylic acids is 1. The summed E-state index contributed by atoms with van der Waals surface area (Å²) in [6.07, 6.45) is 0.318. The van der Waals surface area contributed by atoms with E-state index in [0.29, 0.717) is 24.3 Å². The van der Waals surface area contributed by atoms with Gasteiger partial charge < -0.3 is 14.8 Å². The molecule has 0 saturated carbocycles. The van der Waals surface area contributed by atoms with Crippen LogP contribution in [0.15, 0.2) is 34.7 Å². The highest BCUT2D eigenvalue weighted by Crippen LogP contribution is 2.18. The van der Waals surface area contributed by atoms with Crippen molar-refractivity contribution in [3.63, 3.8) is 0 Å². The van der Waals surface area contributed by atoms with Crippen LogP contribution >= 0.6 is 0 Å². The molecular formula is C15H19NO3. The lowest BCUT2D eigenvalue weighted by molar-refractivity contribution is 0.0914. The standard InChI is InChI=1S/C15H19NO3/c1-10(7-11(2)17)9-16-15(18)14-8-12-5-3-4-6-13(12)19-14/h3-6,8,10-11,17H,7,9H2,1-2H3,(H,16,18). The molecule has 1 aromatic heterocycles. The van der Waals surface area contributed by atoms with Crippen molar-refractivity contribution in [2.24, 2.45) is 5.92 Å². The van der Waals surface area contributed by atoms with Crippen molar-refractivity contribution in [2.45, 2.75) is 26.4 Å². The molecule has 2 unspecified atom stereocenters. The van der Waals surface area contributed by atoms with Crippen molar-refractivity contribution in [3.05, 3.63) is 36.1 Å². The maximum absolute atomic E-state index is 11.9. The average molecular weight is 261 g/mol. The number of aliphatic hydroxyl groups excluding tert-OH is 1. The molecule has 0 aliphatic carbocycles. The van der Waals surface area contributed by atoms with E-state index in [1.54, 1.807) is 13.0 Å². The Hall–Kier alpha value is -1.81. The number of hydrogen-bond donors (Lipinski definition) is 2. The number of carbonyl (C=O) groups is 1. The Morgan fingerprint density at radius 3 is 2.79 bits per heavy atom. The summed E-state index contributed by atoms with van der Waals surface area (Å²) in [5.74, 6) is 0.340. The molecule has 2 atom stereocenters. The zero-order chi connectivity index (χ0) is 13.8. The fourth-order valence-electron chi connectivity index (χ4n) is 2.11. The van der Waals surface area contributed by atoms with Gasteiger partial charge in [0.2, 0.25) is 0 Å². The number of amides is 1. The van der Waals surface area contributed by atoms with Gasteiger partial charge in [-0.05, 0) is 31.4 Å². The van der Waals surface area contributed by atoms with Crippen LogP contribution in [0.3, 0.4) is 0 Å². The number of hydrogen-bond acceptors (Lipinski definition) is 3. The monoisotopic (exact) mass is 261 g/mol. The van der Waals surface area contributed by atoms with Gasteiger partial charge in [-0.15, -0.1) is 0 Å². The third kappa shape index (κ3) is 3.58. The normalized spacial score (nSPS) is 14.3. The van der Waals surface area contributed by atoms with Gasteiger partial charge in [0, 0.05) is 11.9 Å². The molecule has 4 nitrogen and oxygen atoms in total. The van der Waals surface area contributed by atoms with E-state index in [4.69, 9.17) is 4.42 Å². The largest absolute Gasteiger partial charge is 0.451 e. The van der Waals surface area contributed by atoms with E-state index >= 15 is 0 Å². The Morgan fingerprint density at radius 1 is 1.37 bits per heavy atom. The Morgan fingerprint density at radius 2 is 2.11 bits per heavy atom. The molecule has 1 amide bonds. The Kier molecular flexibility index (Phi) is 4.22. The molecule has 0 bridgehead atoms. The van der Waals surface area contributed by atoms with E-state index < -0.39 is 0 Å². The van der Waals surface area contributed by atoms with Crippen LogP contribution in [0.1, 0.15) is 30.8 Å². The highest BCUT2D eigenvalue weighted by molar-refractivity contribution is 5.96. The number of aliphatic hydroxyl groups is 1. The predicted octanol–water partition coefficient (Wildman–Crippen LogP) is 2.57. The Labute approximate surface area is 112 Å². The molecule has 0 aliphatic heterocycles. The molecule has 19 heavy (non-hydrogen) atoms. The van der Waals surface area contributed by atoms with Gasteiger partial charge in [-0.3, -0.25) is 4.79 Å². The van der Waals surface area contributed by atoms with Crippen molar-refractivity contribution in [2.75, 3.05) is 6.54 Å². The summed E-state index contributed by atoms with van der Waals surface area (Å²) in [5, 5.41) is 13.0. The molecule has 0 fully saturated rings. The minimum atomic E-state index is -0.349. The maximum Gasteiger partial charge on any atom is 0.287 e. The first-order chi connectivity index (χ1) is 9.06. The summed E-state index contributed by atoms with van der Waals surface area (Å²) >= 11 is 0. The first kappa shape index (κ1) is 13.6. The SMILES string of the molecule is CC(O)CC(C)CNC(=O)c1cc2ccccc2o1. The predicted molar refractivity (Wildman–Crippen MR) is 74.0 cm³/mol. The summed E-state index contributed by atoms with van der Waals surface area (Å²) in [6, 6.07) is 9.26. The maximum atomic E-state index is 11.9. The van der Waals surface area contributed by atoms with Gasteiger partial charge in [-0.2, -0.15) is 0 Å². The molecule has 1 heterocycles. The van der Waals surface area contributed by atoms with Gasteiger partial charge in [0.05, 0.1) is 6.10 Å². The molecule has 1 aromatic carbocycles. The topological polar surface area (TPSA) is 62.5 Å². The van der Waals surface area contributed by atoms with Crippen molar-refractivity contribution >= 4 is 16.9 Å². The molecule has 102 valence electrons. The first-order valence-corrected chi connectivity index (χ1v) is 6.51. The van der Waals surface area contributed by atoms with Gasteiger partial charge in [0.25, 0.3) is 5.91 Å². The zero-order valence-corrected chi connectivity index (χ0v) is 11.2. The van der Waals surface area contributed by atoms with Gasteiger partial charge in [0.15, 0.2) is 5.76 Å². The van der Waals surface area contributed by atoms with Crippen LogP contribution in [-0.2, 0) is 0 Å². The van der Waals surface area contributed by atoms with Crippen LogP contribution in [0.5, 0.6) is 0 Å². The molecule has 0 aliphatic rings. The second kappa shape index (κ2) is 5.89. The molecular weight excluding hydrogens is 242 g/mol. The lowest BCUT2D eigenvalue weighted by atomic mass is 10.0. The average Bonchev–Trinajstić information content (AvgIpc) is 2.78. The fourth-order valence-corrected chi connectivity index (χ4v) is 2.11. The number of rotatable bonds is 5. The quantitative estimate of drug-likeness (QED) is 0.869. The number of fused-ring (bicyclic) bond motifs is 1. The number of nitrogens with one attached hydrogen (secondary N) is 1. The van der Waals surface area contributed by atoms with Gasteiger partial charge in [0.1, 0.15) is 5.58 Å². The van der Waals surface area contributed by atoms with E-state index in [-0.39, 0.29) is 17.9 Å². The lowest BCUT2D eigenvalue weighted by Crippen LogP contribution is -2.29. The minimum Gasteiger partial charge on any atom is -0.451 e. The van der Waals surface area contributed by atoms with Crippen LogP contribution < -0.4 is 5.32 Å². The molecule has 0 spiro atoms. The molecule has 2 rings (SSSR count). The second-order valence-corrected chi connectivity index (χ2v) is 5.05. The summed E-state index contributed by atoms with van der Waals surface area (Å²) in [6.45, 7) is 4.27. The fraction of sp³-hybridized carbons (Fsp3) is 0.400. The summed E-state index contributed by atoms with van der Waals surface area (Å²) in [5.41, 5.74) is 0.713. The number of para-hydroxylation sites is 1. The molecule has 0 radical (unpaired) electrons. The van der Waals surface area contributed by atoms with Crippen molar-refractivity contribution in [3.8, 4) is 0 Å². The van der Waals surface area contributed by atoms with Gasteiger partial charge >= 0.3 is 0 Å². The van der Waals surface area contributed by atoms with Crippen LogP contribution in [-0.4, -0.2) is 23.7 Å². The van der Waals surface area contributed by atoms with E-state index in [2.05, 4.69) is 5.32 Å². The van der Waals surface area contributed by atoms with E-state index in [1.807, 2.05) is 31.2 Å². The summed E-state index contributed by atoms with van der Waals surface area (Å²) in [4.78, 5) is 11.9. The number of benzene rings is 1. The zero-order valence-electron chi connectivity index (χ0n) is 11.2. The smallest absolute Gasteiger partial charge is 0.287 e. The Balaban J connectivity index is 1.96. The highest BCUT2D eigenvalue weighted by Gasteiger charge is 2.13. The van der Waals surface area contributed by atoms with Crippen molar-refractivity contribution < 1.29 is 14.3 Å². The van der Waals surface area contributed by atoms with Gasteiger partial charge in [-0.25, -0.2) is 0 Å². The van der Waals surface area contributed by atoms with Crippen LogP contribution in [0.2, 0.25) is 0 Å². The molecule has 2 N–H and O–H groups in total. The summed E-state index contributed by atoms with van der Waals surface area (Å²) in [7, 11) is 0. The van der Waals surface area contributed by atoms with E-state index in [9.17, 15) is 9.90 Å². The van der Waals surface area contributed by atoms with Crippen molar-refractivity contribution in [1.29, 1.82) is 0 Å². The van der Waals surface area contributed by atoms with Gasteiger partial charge in [-0.1, -0.05) is 25.1 Å². The van der Waals surface area contributed by atoms with Crippen LogP contribution in [0.25, 0.3) is 11.0 Å². The van der Waals surface area contributed by atoms with Crippen LogP contribution in [0.4, 0.5) is 0 Å². The minimum absolute atomic E-state index is 0.214. The third-order valence-electron chi connectivity index (χ3n) is 3.00. The van der Waals surface area contributed by atoms with E-state index in [0.717, 1.165) is 5.39 Å². The number of furan rings is 1.